The second-order valence-corrected chi connectivity index (χ2v) is 8.83. The topological polar surface area (TPSA) is 75.7 Å². The molecular formula is C20H22F2N2O4S. The van der Waals surface area contributed by atoms with Crippen molar-refractivity contribution in [1.29, 1.82) is 0 Å². The zero-order valence-corrected chi connectivity index (χ0v) is 16.9. The number of nitrogens with one attached hydrogen (secondary N) is 1. The van der Waals surface area contributed by atoms with Crippen LogP contribution in [0.25, 0.3) is 0 Å². The van der Waals surface area contributed by atoms with Crippen molar-refractivity contribution < 1.29 is 26.7 Å². The number of carbonyl (C=O) groups is 1. The lowest BCUT2D eigenvalue weighted by atomic mass is 9.97. The predicted molar refractivity (Wildman–Crippen MR) is 104 cm³/mol. The second kappa shape index (κ2) is 8.46. The third-order valence-electron chi connectivity index (χ3n) is 5.03. The zero-order chi connectivity index (χ0) is 21.2. The Morgan fingerprint density at radius 1 is 1.10 bits per heavy atom. The number of methoxy groups -OCH3 is 1. The third kappa shape index (κ3) is 4.56. The zero-order valence-electron chi connectivity index (χ0n) is 16.1. The van der Waals surface area contributed by atoms with Crippen molar-refractivity contribution in [2.75, 3.05) is 25.5 Å². The van der Waals surface area contributed by atoms with Gasteiger partial charge in [0.2, 0.25) is 15.9 Å². The maximum absolute atomic E-state index is 13.6. The first kappa shape index (κ1) is 21.2. The number of piperidine rings is 1. The molecule has 1 N–H and O–H groups in total. The molecule has 0 aromatic heterocycles. The van der Waals surface area contributed by atoms with Crippen molar-refractivity contribution in [3.8, 4) is 5.75 Å². The summed E-state index contributed by atoms with van der Waals surface area (Å²) in [6.45, 7) is 1.99. The summed E-state index contributed by atoms with van der Waals surface area (Å²) in [7, 11) is -2.64. The van der Waals surface area contributed by atoms with Gasteiger partial charge in [-0.15, -0.1) is 0 Å². The number of ether oxygens (including phenoxy) is 1. The summed E-state index contributed by atoms with van der Waals surface area (Å²) in [5.41, 5.74) is 1.13. The van der Waals surface area contributed by atoms with Crippen molar-refractivity contribution >= 4 is 21.6 Å². The van der Waals surface area contributed by atoms with Crippen molar-refractivity contribution in [2.24, 2.45) is 5.92 Å². The van der Waals surface area contributed by atoms with E-state index >= 15 is 0 Å². The van der Waals surface area contributed by atoms with Gasteiger partial charge in [-0.1, -0.05) is 6.07 Å². The van der Waals surface area contributed by atoms with Crippen LogP contribution in [0.1, 0.15) is 18.4 Å². The van der Waals surface area contributed by atoms with Crippen molar-refractivity contribution in [3.63, 3.8) is 0 Å². The molecule has 2 aromatic rings. The molecule has 3 rings (SSSR count). The van der Waals surface area contributed by atoms with E-state index in [0.29, 0.717) is 18.5 Å². The minimum absolute atomic E-state index is 0.0628. The van der Waals surface area contributed by atoms with Crippen LogP contribution in [-0.4, -0.2) is 38.8 Å². The predicted octanol–water partition coefficient (Wildman–Crippen LogP) is 3.32. The number of amides is 1. The molecule has 0 bridgehead atoms. The van der Waals surface area contributed by atoms with Gasteiger partial charge >= 0.3 is 0 Å². The van der Waals surface area contributed by atoms with E-state index in [-0.39, 0.29) is 29.6 Å². The molecule has 9 heteroatoms. The maximum atomic E-state index is 13.6. The molecule has 0 unspecified atom stereocenters. The van der Waals surface area contributed by atoms with Gasteiger partial charge in [0.05, 0.1) is 7.11 Å². The summed E-state index contributed by atoms with van der Waals surface area (Å²) in [6.07, 6.45) is 0.605. The molecule has 0 radical (unpaired) electrons. The molecule has 0 atom stereocenters. The molecule has 0 spiro atoms. The summed E-state index contributed by atoms with van der Waals surface area (Å²) in [6, 6.07) is 7.47. The second-order valence-electron chi connectivity index (χ2n) is 6.92. The van der Waals surface area contributed by atoms with E-state index < -0.39 is 27.6 Å². The van der Waals surface area contributed by atoms with E-state index in [1.54, 1.807) is 13.0 Å². The van der Waals surface area contributed by atoms with Crippen molar-refractivity contribution in [2.45, 2.75) is 24.7 Å². The Balaban J connectivity index is 1.69. The van der Waals surface area contributed by atoms with Crippen LogP contribution in [0.5, 0.6) is 5.75 Å². The molecule has 1 amide bonds. The van der Waals surface area contributed by atoms with Gasteiger partial charge in [0.25, 0.3) is 0 Å². The Morgan fingerprint density at radius 3 is 2.38 bits per heavy atom. The fourth-order valence-corrected chi connectivity index (χ4v) is 4.95. The smallest absolute Gasteiger partial charge is 0.246 e. The Morgan fingerprint density at radius 2 is 1.72 bits per heavy atom. The van der Waals surface area contributed by atoms with Gasteiger partial charge in [0.15, 0.2) is 0 Å². The van der Waals surface area contributed by atoms with Crippen LogP contribution >= 0.6 is 0 Å². The first-order valence-corrected chi connectivity index (χ1v) is 10.6. The standard InChI is InChI=1S/C20H22F2N2O4S/c1-13-3-4-15(21)11-17(13)23-20(25)14-7-9-24(10-8-14)29(26,27)19-12-16(22)5-6-18(19)28-2/h3-6,11-12,14H,7-10H2,1-2H3,(H,23,25). The van der Waals surface area contributed by atoms with E-state index in [2.05, 4.69) is 5.32 Å². The molecular weight excluding hydrogens is 402 g/mol. The van der Waals surface area contributed by atoms with Crippen LogP contribution in [0, 0.1) is 24.5 Å². The molecule has 1 saturated heterocycles. The van der Waals surface area contributed by atoms with Gasteiger partial charge in [0.1, 0.15) is 22.3 Å². The maximum Gasteiger partial charge on any atom is 0.246 e. The highest BCUT2D eigenvalue weighted by Gasteiger charge is 2.34. The molecule has 156 valence electrons. The monoisotopic (exact) mass is 424 g/mol. The minimum Gasteiger partial charge on any atom is -0.495 e. The van der Waals surface area contributed by atoms with Crippen LogP contribution in [0.15, 0.2) is 41.3 Å². The normalized spacial score (nSPS) is 15.9. The average Bonchev–Trinajstić information content (AvgIpc) is 2.70. The van der Waals surface area contributed by atoms with Gasteiger partial charge in [0, 0.05) is 24.7 Å². The Labute approximate surface area is 168 Å². The number of sulfonamides is 1. The Hall–Kier alpha value is -2.52. The third-order valence-corrected chi connectivity index (χ3v) is 6.95. The highest BCUT2D eigenvalue weighted by molar-refractivity contribution is 7.89. The first-order chi connectivity index (χ1) is 13.7. The van der Waals surface area contributed by atoms with Crippen molar-refractivity contribution in [1.82, 2.24) is 4.31 Å². The molecule has 1 heterocycles. The largest absolute Gasteiger partial charge is 0.495 e. The number of hydrogen-bond acceptors (Lipinski definition) is 4. The van der Waals surface area contributed by atoms with Crippen LogP contribution < -0.4 is 10.1 Å². The number of aryl methyl sites for hydroxylation is 1. The van der Waals surface area contributed by atoms with Gasteiger partial charge in [-0.05, 0) is 55.7 Å². The van der Waals surface area contributed by atoms with Crippen LogP contribution in [0.2, 0.25) is 0 Å². The summed E-state index contributed by atoms with van der Waals surface area (Å²) < 4.78 is 59.1. The van der Waals surface area contributed by atoms with E-state index in [9.17, 15) is 22.0 Å². The van der Waals surface area contributed by atoms with Gasteiger partial charge in [-0.3, -0.25) is 4.79 Å². The van der Waals surface area contributed by atoms with Gasteiger partial charge in [-0.2, -0.15) is 4.31 Å². The Kier molecular flexibility index (Phi) is 6.18. The number of nitrogens with zero attached hydrogens (tertiary/aromatic N) is 1. The molecule has 1 aliphatic rings. The molecule has 6 nitrogen and oxygen atoms in total. The van der Waals surface area contributed by atoms with Crippen LogP contribution in [0.3, 0.4) is 0 Å². The number of hydrogen-bond donors (Lipinski definition) is 1. The minimum atomic E-state index is -3.96. The van der Waals surface area contributed by atoms with E-state index in [0.717, 1.165) is 17.7 Å². The number of carbonyl (C=O) groups excluding carboxylic acids is 1. The number of rotatable bonds is 5. The number of halogens is 2. The molecule has 1 fully saturated rings. The fourth-order valence-electron chi connectivity index (χ4n) is 3.31. The lowest BCUT2D eigenvalue weighted by Crippen LogP contribution is -2.41. The van der Waals surface area contributed by atoms with Gasteiger partial charge in [-0.25, -0.2) is 17.2 Å². The number of anilines is 1. The highest BCUT2D eigenvalue weighted by Crippen LogP contribution is 2.30. The van der Waals surface area contributed by atoms with Gasteiger partial charge < -0.3 is 10.1 Å². The quantitative estimate of drug-likeness (QED) is 0.799. The van der Waals surface area contributed by atoms with E-state index in [1.165, 1.54) is 29.6 Å². The molecule has 0 aliphatic carbocycles. The van der Waals surface area contributed by atoms with E-state index in [1.807, 2.05) is 0 Å². The highest BCUT2D eigenvalue weighted by atomic mass is 32.2. The molecule has 1 aliphatic heterocycles. The Bertz CT molecular complexity index is 1020. The summed E-state index contributed by atoms with van der Waals surface area (Å²) in [5, 5.41) is 2.72. The molecule has 0 saturated carbocycles. The lowest BCUT2D eigenvalue weighted by molar-refractivity contribution is -0.120. The van der Waals surface area contributed by atoms with Crippen LogP contribution in [0.4, 0.5) is 14.5 Å². The summed E-state index contributed by atoms with van der Waals surface area (Å²) in [4.78, 5) is 12.3. The summed E-state index contributed by atoms with van der Waals surface area (Å²) >= 11 is 0. The fraction of sp³-hybridized carbons (Fsp3) is 0.350. The molecule has 29 heavy (non-hydrogen) atoms. The SMILES string of the molecule is COc1ccc(F)cc1S(=O)(=O)N1CCC(C(=O)Nc2cc(F)ccc2C)CC1. The van der Waals surface area contributed by atoms with E-state index in [4.69, 9.17) is 4.74 Å². The summed E-state index contributed by atoms with van der Waals surface area (Å²) in [5.74, 6) is -1.74. The lowest BCUT2D eigenvalue weighted by Gasteiger charge is -2.31. The average molecular weight is 424 g/mol. The molecule has 2 aromatic carbocycles. The van der Waals surface area contributed by atoms with Crippen LogP contribution in [-0.2, 0) is 14.8 Å². The van der Waals surface area contributed by atoms with Crippen molar-refractivity contribution in [3.05, 3.63) is 53.6 Å². The number of benzene rings is 2. The first-order valence-electron chi connectivity index (χ1n) is 9.13.